The fourth-order valence-corrected chi connectivity index (χ4v) is 3.62. The number of aliphatic imine (C=N–C) groups is 1. The van der Waals surface area contributed by atoms with Crippen LogP contribution in [0.4, 0.5) is 0 Å². The van der Waals surface area contributed by atoms with Gasteiger partial charge < -0.3 is 0 Å². The van der Waals surface area contributed by atoms with Crippen LogP contribution in [0.3, 0.4) is 0 Å². The van der Waals surface area contributed by atoms with E-state index in [1.807, 2.05) is 6.34 Å². The molecule has 0 N–H and O–H groups in total. The van der Waals surface area contributed by atoms with Crippen molar-refractivity contribution in [2.24, 2.45) is 10.4 Å². The number of hydrogen-bond acceptors (Lipinski definition) is 2. The van der Waals surface area contributed by atoms with E-state index in [9.17, 15) is 0 Å². The molecule has 1 unspecified atom stereocenters. The molecule has 0 radical (unpaired) electrons. The Hall–Kier alpha value is -0.960. The summed E-state index contributed by atoms with van der Waals surface area (Å²) in [5, 5.41) is 0. The summed E-state index contributed by atoms with van der Waals surface area (Å²) in [6.07, 6.45) is 7.40. The zero-order chi connectivity index (χ0) is 12.9. The van der Waals surface area contributed by atoms with Gasteiger partial charge in [-0.15, -0.1) is 0 Å². The normalized spacial score (nSPS) is 32.4. The molecule has 3 rings (SSSR count). The quantitative estimate of drug-likeness (QED) is 0.651. The summed E-state index contributed by atoms with van der Waals surface area (Å²) in [4.78, 5) is 7.15. The highest BCUT2D eigenvalue weighted by Crippen LogP contribution is 2.35. The van der Waals surface area contributed by atoms with Gasteiger partial charge in [-0.2, -0.15) is 0 Å². The predicted molar refractivity (Wildman–Crippen MR) is 75.1 cm³/mol. The largest absolute Gasteiger partial charge is 0.290 e. The zero-order valence-corrected chi connectivity index (χ0v) is 11.8. The lowest BCUT2D eigenvalue weighted by Crippen LogP contribution is -2.46. The Bertz CT molecular complexity index is 439. The summed E-state index contributed by atoms with van der Waals surface area (Å²) in [6, 6.07) is 1.17. The molecule has 1 aliphatic carbocycles. The molecular formula is C15H24N3+. The molecule has 0 saturated heterocycles. The Labute approximate surface area is 110 Å². The van der Waals surface area contributed by atoms with Crippen LogP contribution >= 0.6 is 0 Å². The summed E-state index contributed by atoms with van der Waals surface area (Å²) in [7, 11) is 0. The van der Waals surface area contributed by atoms with Crippen molar-refractivity contribution in [3.8, 4) is 0 Å². The third-order valence-electron chi connectivity index (χ3n) is 4.79. The van der Waals surface area contributed by atoms with Crippen LogP contribution in [0.5, 0.6) is 0 Å². The van der Waals surface area contributed by atoms with Crippen molar-refractivity contribution in [3.63, 3.8) is 0 Å². The predicted octanol–water partition coefficient (Wildman–Crippen LogP) is 2.63. The average Bonchev–Trinajstić information content (AvgIpc) is 2.73. The standard InChI is InChI=1S/C15H24N3/c1-11-12(2)18-10-16-14(18)15(3,4)9-17(11)13-7-5-6-8-13/h10-11,13H,2,5-9H2,1,3-4H3/q+1. The molecular weight excluding hydrogens is 222 g/mol. The zero-order valence-electron chi connectivity index (χ0n) is 11.8. The Balaban J connectivity index is 1.92. The maximum Gasteiger partial charge on any atom is 0.253 e. The number of hydrogen-bond donors (Lipinski definition) is 0. The molecule has 2 aliphatic heterocycles. The van der Waals surface area contributed by atoms with Crippen LogP contribution in [0.15, 0.2) is 17.3 Å². The SMILES string of the molecule is C=C1C(C)N(C2CCCC2)CC(C)(C)C2=[N+]1C=N2. The summed E-state index contributed by atoms with van der Waals surface area (Å²) in [5.74, 6) is 1.19. The van der Waals surface area contributed by atoms with Crippen molar-refractivity contribution >= 4 is 12.2 Å². The van der Waals surface area contributed by atoms with Crippen LogP contribution < -0.4 is 0 Å². The lowest BCUT2D eigenvalue weighted by molar-refractivity contribution is -0.362. The first kappa shape index (κ1) is 12.1. The van der Waals surface area contributed by atoms with Crippen LogP contribution in [-0.2, 0) is 0 Å². The van der Waals surface area contributed by atoms with E-state index in [2.05, 4.69) is 41.8 Å². The number of amidine groups is 1. The summed E-state index contributed by atoms with van der Waals surface area (Å²) >= 11 is 0. The highest BCUT2D eigenvalue weighted by molar-refractivity contribution is 5.96. The molecule has 0 aromatic heterocycles. The Morgan fingerprint density at radius 1 is 1.39 bits per heavy atom. The van der Waals surface area contributed by atoms with E-state index in [4.69, 9.17) is 0 Å². The van der Waals surface area contributed by atoms with Gasteiger partial charge in [-0.3, -0.25) is 4.90 Å². The monoisotopic (exact) mass is 246 g/mol. The molecule has 1 fully saturated rings. The van der Waals surface area contributed by atoms with E-state index < -0.39 is 0 Å². The number of nitrogens with zero attached hydrogens (tertiary/aromatic N) is 3. The third kappa shape index (κ3) is 1.68. The van der Waals surface area contributed by atoms with E-state index in [1.54, 1.807) is 0 Å². The summed E-state index contributed by atoms with van der Waals surface area (Å²) < 4.78 is 2.21. The topological polar surface area (TPSA) is 18.6 Å². The van der Waals surface area contributed by atoms with Crippen LogP contribution in [0.1, 0.15) is 46.5 Å². The lowest BCUT2D eigenvalue weighted by Gasteiger charge is -2.36. The first-order valence-electron chi connectivity index (χ1n) is 7.16. The Morgan fingerprint density at radius 3 is 2.61 bits per heavy atom. The van der Waals surface area contributed by atoms with Crippen molar-refractivity contribution in [2.45, 2.75) is 58.5 Å². The molecule has 1 saturated carbocycles. The van der Waals surface area contributed by atoms with E-state index in [-0.39, 0.29) is 5.41 Å². The van der Waals surface area contributed by atoms with Gasteiger partial charge in [0.2, 0.25) is 6.34 Å². The van der Waals surface area contributed by atoms with Gasteiger partial charge in [0.25, 0.3) is 5.84 Å². The minimum Gasteiger partial charge on any atom is -0.290 e. The van der Waals surface area contributed by atoms with Crippen molar-refractivity contribution < 1.29 is 4.58 Å². The second-order valence-corrected chi connectivity index (χ2v) is 6.60. The van der Waals surface area contributed by atoms with Crippen molar-refractivity contribution in [2.75, 3.05) is 6.54 Å². The fraction of sp³-hybridized carbons (Fsp3) is 0.733. The molecule has 0 spiro atoms. The van der Waals surface area contributed by atoms with Gasteiger partial charge in [0.15, 0.2) is 0 Å². The molecule has 3 nitrogen and oxygen atoms in total. The maximum absolute atomic E-state index is 4.48. The smallest absolute Gasteiger partial charge is 0.253 e. The molecule has 0 bridgehead atoms. The first-order chi connectivity index (χ1) is 8.50. The summed E-state index contributed by atoms with van der Waals surface area (Å²) in [6.45, 7) is 12.3. The van der Waals surface area contributed by atoms with Crippen molar-refractivity contribution in [1.29, 1.82) is 0 Å². The second kappa shape index (κ2) is 4.02. The molecule has 0 aromatic carbocycles. The first-order valence-corrected chi connectivity index (χ1v) is 7.16. The van der Waals surface area contributed by atoms with E-state index in [0.29, 0.717) is 6.04 Å². The lowest BCUT2D eigenvalue weighted by atomic mass is 9.89. The van der Waals surface area contributed by atoms with Crippen LogP contribution in [0, 0.1) is 5.41 Å². The Morgan fingerprint density at radius 2 is 2.06 bits per heavy atom. The van der Waals surface area contributed by atoms with Gasteiger partial charge in [0, 0.05) is 12.6 Å². The minimum absolute atomic E-state index is 0.130. The van der Waals surface area contributed by atoms with Gasteiger partial charge in [0.1, 0.15) is 0 Å². The van der Waals surface area contributed by atoms with Gasteiger partial charge in [-0.25, -0.2) is 4.58 Å². The van der Waals surface area contributed by atoms with Gasteiger partial charge in [-0.1, -0.05) is 24.4 Å². The Kier molecular flexibility index (Phi) is 2.70. The summed E-state index contributed by atoms with van der Waals surface area (Å²) in [5.41, 5.74) is 1.32. The van der Waals surface area contributed by atoms with Gasteiger partial charge in [0.05, 0.1) is 17.2 Å². The van der Waals surface area contributed by atoms with Crippen LogP contribution in [0.2, 0.25) is 0 Å². The van der Waals surface area contributed by atoms with Crippen molar-refractivity contribution in [1.82, 2.24) is 4.90 Å². The van der Waals surface area contributed by atoms with E-state index in [0.717, 1.165) is 12.6 Å². The molecule has 18 heavy (non-hydrogen) atoms. The second-order valence-electron chi connectivity index (χ2n) is 6.60. The molecule has 1 atom stereocenters. The van der Waals surface area contributed by atoms with Crippen LogP contribution in [0.25, 0.3) is 0 Å². The highest BCUT2D eigenvalue weighted by Gasteiger charge is 2.45. The molecule has 0 amide bonds. The molecule has 3 heteroatoms. The minimum atomic E-state index is 0.130. The van der Waals surface area contributed by atoms with Gasteiger partial charge in [-0.05, 0) is 33.6 Å². The maximum atomic E-state index is 4.48. The number of rotatable bonds is 1. The average molecular weight is 246 g/mol. The van der Waals surface area contributed by atoms with Gasteiger partial charge >= 0.3 is 0 Å². The molecule has 3 aliphatic rings. The van der Waals surface area contributed by atoms with Crippen molar-refractivity contribution in [3.05, 3.63) is 12.3 Å². The molecule has 0 aromatic rings. The van der Waals surface area contributed by atoms with E-state index >= 15 is 0 Å². The van der Waals surface area contributed by atoms with Crippen LogP contribution in [-0.4, -0.2) is 40.3 Å². The van der Waals surface area contributed by atoms with E-state index in [1.165, 1.54) is 37.2 Å². The fourth-order valence-electron chi connectivity index (χ4n) is 3.62. The highest BCUT2D eigenvalue weighted by atomic mass is 15.3. The third-order valence-corrected chi connectivity index (χ3v) is 4.79. The molecule has 2 heterocycles. The molecule has 98 valence electrons.